The lowest BCUT2D eigenvalue weighted by molar-refractivity contribution is 0.165. The van der Waals surface area contributed by atoms with Crippen LogP contribution in [-0.2, 0) is 16.7 Å². The third-order valence-electron chi connectivity index (χ3n) is 4.70. The van der Waals surface area contributed by atoms with Crippen LogP contribution in [0, 0.1) is 0 Å². The van der Waals surface area contributed by atoms with Gasteiger partial charge in [0.15, 0.2) is 0 Å². The number of hydrogen-bond donors (Lipinski definition) is 1. The maximum absolute atomic E-state index is 12.7. The highest BCUT2D eigenvalue weighted by Gasteiger charge is 2.23. The lowest BCUT2D eigenvalue weighted by Gasteiger charge is -2.32. The molecule has 1 atom stereocenters. The number of methoxy groups -OCH3 is 1. The van der Waals surface area contributed by atoms with Gasteiger partial charge < -0.3 is 19.1 Å². The highest BCUT2D eigenvalue weighted by Crippen LogP contribution is 2.22. The van der Waals surface area contributed by atoms with E-state index in [4.69, 9.17) is 8.92 Å². The van der Waals surface area contributed by atoms with Gasteiger partial charge in [-0.3, -0.25) is 0 Å². The van der Waals surface area contributed by atoms with Gasteiger partial charge in [0.1, 0.15) is 16.4 Å². The van der Waals surface area contributed by atoms with Crippen LogP contribution in [0.1, 0.15) is 46.6 Å². The molecule has 1 N–H and O–H groups in total. The summed E-state index contributed by atoms with van der Waals surface area (Å²) in [5.41, 5.74) is 0.537. The van der Waals surface area contributed by atoms with Crippen LogP contribution in [0.4, 0.5) is 4.79 Å². The van der Waals surface area contributed by atoms with Crippen molar-refractivity contribution in [2.45, 2.75) is 64.1 Å². The molecule has 0 saturated carbocycles. The van der Waals surface area contributed by atoms with E-state index in [0.29, 0.717) is 12.3 Å². The summed E-state index contributed by atoms with van der Waals surface area (Å²) in [4.78, 5) is 14.5. The minimum Gasteiger partial charge on any atom is -0.497 e. The number of nitrogens with one attached hydrogen (secondary N) is 1. The van der Waals surface area contributed by atoms with Crippen molar-refractivity contribution in [2.24, 2.45) is 0 Å². The Kier molecular flexibility index (Phi) is 7.95. The fraction of sp³-hybridized carbons (Fsp3) is 0.435. The molecule has 1 unspecified atom stereocenters. The van der Waals surface area contributed by atoms with Crippen LogP contribution in [0.25, 0.3) is 0 Å². The molecule has 0 aliphatic heterocycles. The highest BCUT2D eigenvalue weighted by molar-refractivity contribution is 7.87. The van der Waals surface area contributed by atoms with E-state index in [2.05, 4.69) is 5.32 Å². The van der Waals surface area contributed by atoms with E-state index in [1.807, 2.05) is 34.6 Å². The number of rotatable bonds is 8. The van der Waals surface area contributed by atoms with Gasteiger partial charge in [0, 0.05) is 18.1 Å². The first kappa shape index (κ1) is 24.5. The van der Waals surface area contributed by atoms with Gasteiger partial charge in [-0.15, -0.1) is 0 Å². The first-order valence-corrected chi connectivity index (χ1v) is 11.6. The highest BCUT2D eigenvalue weighted by atomic mass is 32.2. The van der Waals surface area contributed by atoms with Crippen LogP contribution in [0.2, 0.25) is 0 Å². The largest absolute Gasteiger partial charge is 0.497 e. The van der Waals surface area contributed by atoms with Crippen molar-refractivity contribution >= 4 is 16.1 Å². The van der Waals surface area contributed by atoms with Gasteiger partial charge in [-0.05, 0) is 76.1 Å². The van der Waals surface area contributed by atoms with Crippen LogP contribution < -0.4 is 14.2 Å². The smallest absolute Gasteiger partial charge is 0.339 e. The van der Waals surface area contributed by atoms with E-state index >= 15 is 0 Å². The quantitative estimate of drug-likeness (QED) is 0.598. The Morgan fingerprint density at radius 2 is 1.58 bits per heavy atom. The zero-order valence-electron chi connectivity index (χ0n) is 19.0. The molecular formula is C23H32N2O5S. The maximum atomic E-state index is 12.7. The second-order valence-corrected chi connectivity index (χ2v) is 9.97. The van der Waals surface area contributed by atoms with Crippen LogP contribution in [0.5, 0.6) is 11.5 Å². The molecule has 0 radical (unpaired) electrons. The lowest BCUT2D eigenvalue weighted by Crippen LogP contribution is -2.50. The standard InChI is InChI=1S/C23H32N2O5S/c1-7-17(2)25(22(26)24-23(3,4)5)16-18-8-10-20(11-9-18)30-31(27,28)21-14-12-19(29-6)13-15-21/h8-15,17H,7,16H2,1-6H3,(H,24,26). The summed E-state index contributed by atoms with van der Waals surface area (Å²) < 4.78 is 35.3. The normalized spacial score (nSPS) is 12.7. The second kappa shape index (κ2) is 10.0. The topological polar surface area (TPSA) is 84.9 Å². The average molecular weight is 449 g/mol. The second-order valence-electron chi connectivity index (χ2n) is 8.42. The van der Waals surface area contributed by atoms with Crippen LogP contribution in [-0.4, -0.2) is 38.0 Å². The SMILES string of the molecule is CCC(C)N(Cc1ccc(OS(=O)(=O)c2ccc(OC)cc2)cc1)C(=O)NC(C)(C)C. The first-order valence-electron chi connectivity index (χ1n) is 10.2. The van der Waals surface area contributed by atoms with Gasteiger partial charge in [-0.25, -0.2) is 4.79 Å². The molecule has 0 saturated heterocycles. The van der Waals surface area contributed by atoms with Crippen molar-refractivity contribution in [3.8, 4) is 11.5 Å². The fourth-order valence-corrected chi connectivity index (χ4v) is 3.74. The first-order chi connectivity index (χ1) is 14.4. The molecule has 0 aromatic heterocycles. The molecule has 0 aliphatic carbocycles. The summed E-state index contributed by atoms with van der Waals surface area (Å²) in [6.45, 7) is 10.3. The van der Waals surface area contributed by atoms with Crippen molar-refractivity contribution < 1.29 is 22.1 Å². The Bertz CT molecular complexity index is 965. The third kappa shape index (κ3) is 7.17. The van der Waals surface area contributed by atoms with Crippen LogP contribution >= 0.6 is 0 Å². The van der Waals surface area contributed by atoms with E-state index in [0.717, 1.165) is 12.0 Å². The van der Waals surface area contributed by atoms with E-state index in [1.54, 1.807) is 41.3 Å². The summed E-state index contributed by atoms with van der Waals surface area (Å²) in [5, 5.41) is 3.00. The number of amides is 2. The summed E-state index contributed by atoms with van der Waals surface area (Å²) in [6.07, 6.45) is 0.818. The molecule has 2 rings (SSSR count). The molecule has 0 bridgehead atoms. The van der Waals surface area contributed by atoms with Crippen LogP contribution in [0.3, 0.4) is 0 Å². The molecule has 0 fully saturated rings. The van der Waals surface area contributed by atoms with Gasteiger partial charge >= 0.3 is 16.1 Å². The van der Waals surface area contributed by atoms with Gasteiger partial charge in [-0.2, -0.15) is 8.42 Å². The van der Waals surface area contributed by atoms with E-state index < -0.39 is 10.1 Å². The minimum absolute atomic E-state index is 0.0409. The van der Waals surface area contributed by atoms with Crippen LogP contribution in [0.15, 0.2) is 53.4 Å². The predicted molar refractivity (Wildman–Crippen MR) is 121 cm³/mol. The van der Waals surface area contributed by atoms with E-state index in [-0.39, 0.29) is 28.3 Å². The Hall–Kier alpha value is -2.74. The van der Waals surface area contributed by atoms with Crippen molar-refractivity contribution in [1.29, 1.82) is 0 Å². The maximum Gasteiger partial charge on any atom is 0.339 e. The van der Waals surface area contributed by atoms with Crippen molar-refractivity contribution in [2.75, 3.05) is 7.11 Å². The number of ether oxygens (including phenoxy) is 1. The molecule has 31 heavy (non-hydrogen) atoms. The van der Waals surface area contributed by atoms with Gasteiger partial charge in [0.2, 0.25) is 0 Å². The minimum atomic E-state index is -3.96. The van der Waals surface area contributed by atoms with Gasteiger partial charge in [0.05, 0.1) is 7.11 Å². The molecule has 0 spiro atoms. The Balaban J connectivity index is 2.12. The van der Waals surface area contributed by atoms with E-state index in [9.17, 15) is 13.2 Å². The van der Waals surface area contributed by atoms with Gasteiger partial charge in [0.25, 0.3) is 0 Å². The van der Waals surface area contributed by atoms with Crippen molar-refractivity contribution in [3.63, 3.8) is 0 Å². The number of carbonyl (C=O) groups excluding carboxylic acids is 1. The van der Waals surface area contributed by atoms with E-state index in [1.165, 1.54) is 19.2 Å². The number of nitrogens with zero attached hydrogens (tertiary/aromatic N) is 1. The average Bonchev–Trinajstić information content (AvgIpc) is 2.71. The zero-order chi connectivity index (χ0) is 23.2. The Labute approximate surface area is 185 Å². The lowest BCUT2D eigenvalue weighted by atomic mass is 10.1. The number of hydrogen-bond acceptors (Lipinski definition) is 5. The van der Waals surface area contributed by atoms with Crippen molar-refractivity contribution in [3.05, 3.63) is 54.1 Å². The molecular weight excluding hydrogens is 416 g/mol. The molecule has 2 aromatic rings. The third-order valence-corrected chi connectivity index (χ3v) is 5.96. The van der Waals surface area contributed by atoms with Gasteiger partial charge in [-0.1, -0.05) is 19.1 Å². The molecule has 170 valence electrons. The zero-order valence-corrected chi connectivity index (χ0v) is 19.8. The number of urea groups is 1. The Morgan fingerprint density at radius 1 is 1.03 bits per heavy atom. The summed E-state index contributed by atoms with van der Waals surface area (Å²) >= 11 is 0. The molecule has 7 nitrogen and oxygen atoms in total. The molecule has 0 heterocycles. The molecule has 0 aliphatic rings. The summed E-state index contributed by atoms with van der Waals surface area (Å²) in [7, 11) is -2.44. The Morgan fingerprint density at radius 3 is 2.06 bits per heavy atom. The number of benzene rings is 2. The number of carbonyl (C=O) groups is 1. The monoisotopic (exact) mass is 448 g/mol. The molecule has 2 aromatic carbocycles. The molecule has 2 amide bonds. The summed E-state index contributed by atoms with van der Waals surface area (Å²) in [5.74, 6) is 0.762. The fourth-order valence-electron chi connectivity index (χ4n) is 2.81. The molecule has 8 heteroatoms. The predicted octanol–water partition coefficient (Wildman–Crippen LogP) is 4.57. The van der Waals surface area contributed by atoms with Crippen molar-refractivity contribution in [1.82, 2.24) is 10.2 Å². The summed E-state index contributed by atoms with van der Waals surface area (Å²) in [6, 6.07) is 12.6.